The van der Waals surface area contributed by atoms with Gasteiger partial charge in [0, 0.05) is 12.3 Å². The van der Waals surface area contributed by atoms with E-state index in [1.54, 1.807) is 0 Å². The fourth-order valence-electron chi connectivity index (χ4n) is 2.93. The fraction of sp³-hybridized carbons (Fsp3) is 0.938. The number of hydrogen-bond donors (Lipinski definition) is 1. The molecule has 1 aliphatic carbocycles. The number of unbranched alkanes of at least 4 members (excludes halogenated alkanes) is 6. The summed E-state index contributed by atoms with van der Waals surface area (Å²) < 4.78 is 0. The zero-order chi connectivity index (χ0) is 13.2. The lowest BCUT2D eigenvalue weighted by atomic mass is 9.82. The van der Waals surface area contributed by atoms with Gasteiger partial charge in [0.25, 0.3) is 0 Å². The topological polar surface area (TPSA) is 37.3 Å². The Labute approximate surface area is 112 Å². The molecule has 2 atom stereocenters. The highest BCUT2D eigenvalue weighted by Crippen LogP contribution is 2.26. The monoisotopic (exact) mass is 254 g/mol. The van der Waals surface area contributed by atoms with Crippen LogP contribution in [0.5, 0.6) is 0 Å². The van der Waals surface area contributed by atoms with Crippen molar-refractivity contribution in [1.82, 2.24) is 0 Å². The highest BCUT2D eigenvalue weighted by atomic mass is 16.3. The van der Waals surface area contributed by atoms with Crippen LogP contribution in [0.2, 0.25) is 0 Å². The van der Waals surface area contributed by atoms with E-state index in [-0.39, 0.29) is 12.0 Å². The Morgan fingerprint density at radius 2 is 1.78 bits per heavy atom. The van der Waals surface area contributed by atoms with Crippen molar-refractivity contribution in [3.8, 4) is 0 Å². The van der Waals surface area contributed by atoms with E-state index in [0.717, 1.165) is 32.1 Å². The van der Waals surface area contributed by atoms with Gasteiger partial charge >= 0.3 is 0 Å². The van der Waals surface area contributed by atoms with E-state index in [2.05, 4.69) is 6.92 Å². The first-order chi connectivity index (χ1) is 8.75. The first kappa shape index (κ1) is 15.7. The minimum absolute atomic E-state index is 0.0427. The summed E-state index contributed by atoms with van der Waals surface area (Å²) in [6, 6.07) is 0. The third kappa shape index (κ3) is 5.99. The van der Waals surface area contributed by atoms with E-state index in [4.69, 9.17) is 0 Å². The van der Waals surface area contributed by atoms with Crippen molar-refractivity contribution in [2.45, 2.75) is 90.1 Å². The largest absolute Gasteiger partial charge is 0.392 e. The summed E-state index contributed by atoms with van der Waals surface area (Å²) in [7, 11) is 0. The molecular formula is C16H30O2. The molecule has 0 heterocycles. The van der Waals surface area contributed by atoms with Gasteiger partial charge in [0.1, 0.15) is 5.78 Å². The molecule has 0 aliphatic heterocycles. The molecule has 18 heavy (non-hydrogen) atoms. The van der Waals surface area contributed by atoms with Gasteiger partial charge in [-0.1, -0.05) is 58.3 Å². The number of hydrogen-bond acceptors (Lipinski definition) is 2. The standard InChI is InChI=1S/C16H30O2/c1-2-3-4-5-6-7-8-12-15(17)14-11-9-10-13-16(14)18/h14-15,17H,2-13H2,1H3/t14-,15-/m1/s1. The number of carbonyl (C=O) groups excluding carboxylic acids is 1. The molecule has 2 heteroatoms. The lowest BCUT2D eigenvalue weighted by molar-refractivity contribution is -0.128. The van der Waals surface area contributed by atoms with Crippen molar-refractivity contribution >= 4 is 5.78 Å². The lowest BCUT2D eigenvalue weighted by Crippen LogP contribution is -2.30. The van der Waals surface area contributed by atoms with E-state index in [1.165, 1.54) is 38.5 Å². The van der Waals surface area contributed by atoms with Crippen molar-refractivity contribution in [1.29, 1.82) is 0 Å². The second-order valence-corrected chi connectivity index (χ2v) is 5.80. The van der Waals surface area contributed by atoms with Crippen molar-refractivity contribution in [2.75, 3.05) is 0 Å². The molecular weight excluding hydrogens is 224 g/mol. The molecule has 0 aromatic carbocycles. The third-order valence-corrected chi connectivity index (χ3v) is 4.17. The number of carbonyl (C=O) groups is 1. The van der Waals surface area contributed by atoms with Crippen molar-refractivity contribution in [3.63, 3.8) is 0 Å². The van der Waals surface area contributed by atoms with E-state index in [1.807, 2.05) is 0 Å². The van der Waals surface area contributed by atoms with Crippen LogP contribution in [0.15, 0.2) is 0 Å². The van der Waals surface area contributed by atoms with Gasteiger partial charge in [-0.05, 0) is 19.3 Å². The van der Waals surface area contributed by atoms with Crippen molar-refractivity contribution < 1.29 is 9.90 Å². The second kappa shape index (κ2) is 9.55. The number of aliphatic hydroxyl groups excluding tert-OH is 1. The molecule has 0 spiro atoms. The summed E-state index contributed by atoms with van der Waals surface area (Å²) in [5.41, 5.74) is 0. The molecule has 0 aromatic rings. The van der Waals surface area contributed by atoms with Gasteiger partial charge in [0.05, 0.1) is 6.10 Å². The van der Waals surface area contributed by atoms with Crippen LogP contribution < -0.4 is 0 Å². The Kier molecular flexibility index (Phi) is 8.32. The highest BCUT2D eigenvalue weighted by molar-refractivity contribution is 5.82. The van der Waals surface area contributed by atoms with Gasteiger partial charge in [-0.15, -0.1) is 0 Å². The van der Waals surface area contributed by atoms with E-state index in [9.17, 15) is 9.90 Å². The zero-order valence-electron chi connectivity index (χ0n) is 12.0. The first-order valence-electron chi connectivity index (χ1n) is 7.96. The molecule has 1 aliphatic rings. The van der Waals surface area contributed by atoms with Crippen LogP contribution in [0, 0.1) is 5.92 Å². The second-order valence-electron chi connectivity index (χ2n) is 5.80. The quantitative estimate of drug-likeness (QED) is 0.625. The maximum Gasteiger partial charge on any atom is 0.138 e. The first-order valence-corrected chi connectivity index (χ1v) is 7.96. The minimum atomic E-state index is -0.367. The van der Waals surface area contributed by atoms with Crippen molar-refractivity contribution in [2.24, 2.45) is 5.92 Å². The Hall–Kier alpha value is -0.370. The van der Waals surface area contributed by atoms with Gasteiger partial charge in [-0.2, -0.15) is 0 Å². The summed E-state index contributed by atoms with van der Waals surface area (Å²) in [6.07, 6.45) is 13.1. The fourth-order valence-corrected chi connectivity index (χ4v) is 2.93. The molecule has 0 amide bonds. The maximum absolute atomic E-state index is 11.7. The average Bonchev–Trinajstić information content (AvgIpc) is 2.38. The van der Waals surface area contributed by atoms with Crippen LogP contribution in [-0.4, -0.2) is 17.0 Å². The SMILES string of the molecule is CCCCCCCCC[C@@H](O)[C@H]1CCCCC1=O. The summed E-state index contributed by atoms with van der Waals surface area (Å²) in [5.74, 6) is 0.260. The van der Waals surface area contributed by atoms with Crippen LogP contribution >= 0.6 is 0 Å². The molecule has 0 radical (unpaired) electrons. The molecule has 2 nitrogen and oxygen atoms in total. The number of Topliss-reactive ketones (excluding diaryl/α,β-unsaturated/α-hetero) is 1. The van der Waals surface area contributed by atoms with Crippen LogP contribution in [0.25, 0.3) is 0 Å². The van der Waals surface area contributed by atoms with E-state index < -0.39 is 0 Å². The summed E-state index contributed by atoms with van der Waals surface area (Å²) in [4.78, 5) is 11.7. The Morgan fingerprint density at radius 3 is 2.44 bits per heavy atom. The van der Waals surface area contributed by atoms with E-state index in [0.29, 0.717) is 12.2 Å². The number of ketones is 1. The Morgan fingerprint density at radius 1 is 1.11 bits per heavy atom. The molecule has 0 unspecified atom stereocenters. The Bertz CT molecular complexity index is 225. The molecule has 1 rings (SSSR count). The van der Waals surface area contributed by atoms with Crippen LogP contribution in [0.3, 0.4) is 0 Å². The number of aliphatic hydroxyl groups is 1. The molecule has 0 saturated heterocycles. The average molecular weight is 254 g/mol. The van der Waals surface area contributed by atoms with Crippen LogP contribution in [0.4, 0.5) is 0 Å². The molecule has 1 fully saturated rings. The summed E-state index contributed by atoms with van der Waals surface area (Å²) >= 11 is 0. The summed E-state index contributed by atoms with van der Waals surface area (Å²) in [5, 5.41) is 10.1. The van der Waals surface area contributed by atoms with Gasteiger partial charge in [-0.3, -0.25) is 4.79 Å². The van der Waals surface area contributed by atoms with Gasteiger partial charge in [0.15, 0.2) is 0 Å². The van der Waals surface area contributed by atoms with Gasteiger partial charge in [-0.25, -0.2) is 0 Å². The molecule has 1 N–H and O–H groups in total. The van der Waals surface area contributed by atoms with Gasteiger partial charge in [0.2, 0.25) is 0 Å². The smallest absolute Gasteiger partial charge is 0.138 e. The van der Waals surface area contributed by atoms with Gasteiger partial charge < -0.3 is 5.11 Å². The van der Waals surface area contributed by atoms with Crippen LogP contribution in [0.1, 0.15) is 84.0 Å². The Balaban J connectivity index is 2.02. The molecule has 0 aromatic heterocycles. The maximum atomic E-state index is 11.7. The van der Waals surface area contributed by atoms with Crippen molar-refractivity contribution in [3.05, 3.63) is 0 Å². The van der Waals surface area contributed by atoms with E-state index >= 15 is 0 Å². The van der Waals surface area contributed by atoms with Crippen LogP contribution in [-0.2, 0) is 4.79 Å². The number of rotatable bonds is 9. The molecule has 106 valence electrons. The summed E-state index contributed by atoms with van der Waals surface area (Å²) in [6.45, 7) is 2.23. The third-order valence-electron chi connectivity index (χ3n) is 4.17. The minimum Gasteiger partial charge on any atom is -0.392 e. The highest BCUT2D eigenvalue weighted by Gasteiger charge is 2.28. The molecule has 1 saturated carbocycles. The predicted molar refractivity (Wildman–Crippen MR) is 75.6 cm³/mol. The molecule has 0 bridgehead atoms. The zero-order valence-corrected chi connectivity index (χ0v) is 12.0. The normalized spacial score (nSPS) is 22.1. The predicted octanol–water partition coefficient (Wildman–Crippen LogP) is 4.25. The lowest BCUT2D eigenvalue weighted by Gasteiger charge is -2.25.